The largest absolute Gasteiger partial charge is 0.493 e. The fourth-order valence-electron chi connectivity index (χ4n) is 1.50. The number of benzene rings is 1. The fraction of sp³-hybridized carbons (Fsp3) is 0.267. The molecule has 0 aliphatic heterocycles. The number of unbranched alkanes of at least 4 members (excludes halogenated alkanes) is 2. The molecule has 1 aromatic rings. The van der Waals surface area contributed by atoms with Crippen LogP contribution in [0.4, 0.5) is 0 Å². The summed E-state index contributed by atoms with van der Waals surface area (Å²) in [6.07, 6.45) is 3.59. The number of ether oxygens (including phenoxy) is 1. The lowest BCUT2D eigenvalue weighted by atomic mass is 10.1. The number of rotatable bonds is 6. The molecule has 0 aromatic heterocycles. The molecule has 4 nitrogen and oxygen atoms in total. The molecule has 0 atom stereocenters. The van der Waals surface area contributed by atoms with E-state index < -0.39 is 0 Å². The molecule has 1 aromatic carbocycles. The van der Waals surface area contributed by atoms with Crippen LogP contribution in [0.5, 0.6) is 5.75 Å². The van der Waals surface area contributed by atoms with Gasteiger partial charge in [0.25, 0.3) is 0 Å². The van der Waals surface area contributed by atoms with E-state index in [9.17, 15) is 0 Å². The molecule has 0 saturated carbocycles. The van der Waals surface area contributed by atoms with E-state index in [1.807, 2.05) is 18.2 Å². The molecule has 100 valence electrons. The maximum atomic E-state index is 8.80. The average molecular weight is 330 g/mol. The second-order valence-corrected chi connectivity index (χ2v) is 4.84. The highest BCUT2D eigenvalue weighted by atomic mass is 79.9. The minimum atomic E-state index is 0.0254. The van der Waals surface area contributed by atoms with Gasteiger partial charge in [-0.2, -0.15) is 15.8 Å². The van der Waals surface area contributed by atoms with Crippen LogP contribution in [0.1, 0.15) is 24.8 Å². The molecule has 5 heteroatoms. The van der Waals surface area contributed by atoms with Gasteiger partial charge in [0.05, 0.1) is 12.7 Å². The Bertz CT molecular complexity index is 601. The van der Waals surface area contributed by atoms with Gasteiger partial charge in [0, 0.05) is 16.5 Å². The summed E-state index contributed by atoms with van der Waals surface area (Å²) in [6.45, 7) is 0.499. The van der Waals surface area contributed by atoms with Crippen molar-refractivity contribution in [3.05, 3.63) is 33.8 Å². The Kier molecular flexibility index (Phi) is 6.90. The molecule has 0 amide bonds. The number of nitrogens with zero attached hydrogens (tertiary/aromatic N) is 3. The van der Waals surface area contributed by atoms with E-state index >= 15 is 0 Å². The quantitative estimate of drug-likeness (QED) is 0.584. The molecule has 0 heterocycles. The van der Waals surface area contributed by atoms with Crippen molar-refractivity contribution in [2.75, 3.05) is 6.61 Å². The van der Waals surface area contributed by atoms with E-state index in [1.54, 1.807) is 12.1 Å². The summed E-state index contributed by atoms with van der Waals surface area (Å²) in [4.78, 5) is 0. The van der Waals surface area contributed by atoms with Gasteiger partial charge in [-0.05, 0) is 37.1 Å². The molecule has 0 unspecified atom stereocenters. The smallest absolute Gasteiger partial charge is 0.130 e. The van der Waals surface area contributed by atoms with E-state index in [4.69, 9.17) is 20.5 Å². The monoisotopic (exact) mass is 329 g/mol. The predicted octanol–water partition coefficient (Wildman–Crippen LogP) is 3.95. The predicted molar refractivity (Wildman–Crippen MR) is 78.3 cm³/mol. The Hall–Kier alpha value is -2.29. The standard InChI is InChI=1S/C15H12BrN3O/c16-14-4-5-15(20-7-3-1-2-6-17)13(9-14)8-12(10-18)11-19/h4-5,8-9H,1-3,7H2. The molecule has 0 radical (unpaired) electrons. The number of hydrogen-bond acceptors (Lipinski definition) is 4. The SMILES string of the molecule is N#CCCCCOc1ccc(Br)cc1C=C(C#N)C#N. The van der Waals surface area contributed by atoms with Crippen LogP contribution in [0.15, 0.2) is 28.2 Å². The minimum Gasteiger partial charge on any atom is -0.493 e. The van der Waals surface area contributed by atoms with E-state index in [2.05, 4.69) is 22.0 Å². The maximum Gasteiger partial charge on any atom is 0.130 e. The van der Waals surface area contributed by atoms with Crippen LogP contribution in [0.25, 0.3) is 6.08 Å². The highest BCUT2D eigenvalue weighted by molar-refractivity contribution is 9.10. The van der Waals surface area contributed by atoms with Crippen LogP contribution >= 0.6 is 15.9 Å². The Morgan fingerprint density at radius 3 is 2.60 bits per heavy atom. The molecule has 0 aliphatic carbocycles. The first-order chi connectivity index (χ1) is 9.71. The van der Waals surface area contributed by atoms with Gasteiger partial charge in [0.1, 0.15) is 23.5 Å². The summed E-state index contributed by atoms with van der Waals surface area (Å²) in [7, 11) is 0. The molecule has 0 fully saturated rings. The maximum absolute atomic E-state index is 8.80. The fourth-order valence-corrected chi connectivity index (χ4v) is 1.88. The first kappa shape index (κ1) is 15.8. The zero-order chi connectivity index (χ0) is 14.8. The van der Waals surface area contributed by atoms with Crippen molar-refractivity contribution in [2.45, 2.75) is 19.3 Å². The van der Waals surface area contributed by atoms with Crippen molar-refractivity contribution in [3.63, 3.8) is 0 Å². The summed E-state index contributed by atoms with van der Waals surface area (Å²) in [5, 5.41) is 26.0. The van der Waals surface area contributed by atoms with E-state index in [0.29, 0.717) is 24.3 Å². The third kappa shape index (κ3) is 5.14. The zero-order valence-corrected chi connectivity index (χ0v) is 12.4. The van der Waals surface area contributed by atoms with Crippen LogP contribution in [-0.2, 0) is 0 Å². The lowest BCUT2D eigenvalue weighted by Crippen LogP contribution is -1.99. The first-order valence-corrected chi connectivity index (χ1v) is 6.81. The summed E-state index contributed by atoms with van der Waals surface area (Å²) < 4.78 is 6.48. The van der Waals surface area contributed by atoms with Crippen LogP contribution in [-0.4, -0.2) is 6.61 Å². The van der Waals surface area contributed by atoms with Gasteiger partial charge in [-0.25, -0.2) is 0 Å². The molecule has 1 rings (SSSR count). The third-order valence-corrected chi connectivity index (χ3v) is 2.95. The number of halogens is 1. The van der Waals surface area contributed by atoms with Crippen molar-refractivity contribution in [1.82, 2.24) is 0 Å². The summed E-state index contributed by atoms with van der Waals surface area (Å²) in [6, 6.07) is 11.1. The van der Waals surface area contributed by atoms with Gasteiger partial charge in [-0.3, -0.25) is 0 Å². The summed E-state index contributed by atoms with van der Waals surface area (Å²) >= 11 is 3.35. The molecule has 0 bridgehead atoms. The average Bonchev–Trinajstić information content (AvgIpc) is 2.46. The van der Waals surface area contributed by atoms with Crippen LogP contribution in [0, 0.1) is 34.0 Å². The zero-order valence-electron chi connectivity index (χ0n) is 10.8. The number of hydrogen-bond donors (Lipinski definition) is 0. The normalized spacial score (nSPS) is 8.90. The second-order valence-electron chi connectivity index (χ2n) is 3.93. The molecular weight excluding hydrogens is 318 g/mol. The van der Waals surface area contributed by atoms with Crippen LogP contribution in [0.2, 0.25) is 0 Å². The molecule has 0 spiro atoms. The molecule has 0 saturated heterocycles. The molecule has 20 heavy (non-hydrogen) atoms. The topological polar surface area (TPSA) is 80.6 Å². The first-order valence-electron chi connectivity index (χ1n) is 6.02. The van der Waals surface area contributed by atoms with E-state index in [1.165, 1.54) is 6.08 Å². The molecular formula is C15H12BrN3O. The number of nitriles is 3. The van der Waals surface area contributed by atoms with Gasteiger partial charge < -0.3 is 4.74 Å². The minimum absolute atomic E-state index is 0.0254. The Morgan fingerprint density at radius 2 is 1.95 bits per heavy atom. The van der Waals surface area contributed by atoms with Gasteiger partial charge >= 0.3 is 0 Å². The van der Waals surface area contributed by atoms with Gasteiger partial charge in [-0.1, -0.05) is 15.9 Å². The molecule has 0 aliphatic rings. The Morgan fingerprint density at radius 1 is 1.20 bits per heavy atom. The van der Waals surface area contributed by atoms with Crippen molar-refractivity contribution in [3.8, 4) is 24.0 Å². The van der Waals surface area contributed by atoms with Gasteiger partial charge in [0.15, 0.2) is 0 Å². The van der Waals surface area contributed by atoms with Crippen molar-refractivity contribution < 1.29 is 4.74 Å². The third-order valence-electron chi connectivity index (χ3n) is 2.45. The molecule has 0 N–H and O–H groups in total. The Labute approximate surface area is 126 Å². The number of allylic oxidation sites excluding steroid dienone is 1. The highest BCUT2D eigenvalue weighted by Crippen LogP contribution is 2.25. The second kappa shape index (κ2) is 8.75. The van der Waals surface area contributed by atoms with Gasteiger partial charge in [-0.15, -0.1) is 0 Å². The van der Waals surface area contributed by atoms with E-state index in [0.717, 1.165) is 17.3 Å². The van der Waals surface area contributed by atoms with Crippen molar-refractivity contribution in [1.29, 1.82) is 15.8 Å². The van der Waals surface area contributed by atoms with Crippen molar-refractivity contribution >= 4 is 22.0 Å². The lowest BCUT2D eigenvalue weighted by Gasteiger charge is -2.09. The van der Waals surface area contributed by atoms with Gasteiger partial charge in [0.2, 0.25) is 0 Å². The Balaban J connectivity index is 2.82. The summed E-state index contributed by atoms with van der Waals surface area (Å²) in [5.74, 6) is 0.619. The highest BCUT2D eigenvalue weighted by Gasteiger charge is 2.04. The van der Waals surface area contributed by atoms with Crippen LogP contribution < -0.4 is 4.74 Å². The van der Waals surface area contributed by atoms with E-state index in [-0.39, 0.29) is 5.57 Å². The lowest BCUT2D eigenvalue weighted by molar-refractivity contribution is 0.307. The summed E-state index contributed by atoms with van der Waals surface area (Å²) in [5.41, 5.74) is 0.704. The van der Waals surface area contributed by atoms with Crippen molar-refractivity contribution in [2.24, 2.45) is 0 Å². The van der Waals surface area contributed by atoms with Crippen LogP contribution in [0.3, 0.4) is 0 Å².